The Morgan fingerprint density at radius 2 is 1.88 bits per heavy atom. The predicted octanol–water partition coefficient (Wildman–Crippen LogP) is 7.99. The van der Waals surface area contributed by atoms with E-state index in [1.165, 1.54) is 6.08 Å². The molecule has 6 nitrogen and oxygen atoms in total. The molecule has 0 radical (unpaired) electrons. The topological polar surface area (TPSA) is 88.1 Å². The summed E-state index contributed by atoms with van der Waals surface area (Å²) in [5, 5.41) is 0. The molecule has 4 atom stereocenters. The minimum absolute atomic E-state index is 0.0103. The van der Waals surface area contributed by atoms with E-state index in [9.17, 15) is 9.59 Å². The molecule has 7 heteroatoms. The maximum atomic E-state index is 13.9. The number of nitrogens with zero attached hydrogens (tertiary/aromatic N) is 3. The summed E-state index contributed by atoms with van der Waals surface area (Å²) in [7, 11) is 0. The number of aliphatic imine (C=N–C) groups is 2. The van der Waals surface area contributed by atoms with Crippen molar-refractivity contribution in [3.8, 4) is 0 Å². The number of piperidine rings is 1. The number of fused-ring (bicyclic) bond motifs is 1. The van der Waals surface area contributed by atoms with Crippen LogP contribution in [0.1, 0.15) is 90.1 Å². The van der Waals surface area contributed by atoms with Gasteiger partial charge in [-0.1, -0.05) is 70.6 Å². The molecular weight excluding hydrogens is 564 g/mol. The number of rotatable bonds is 8. The molecule has 1 fully saturated rings. The molecule has 3 rings (SSSR count). The van der Waals surface area contributed by atoms with E-state index in [2.05, 4.69) is 61.8 Å². The number of allylic oxidation sites excluding steroid dienone is 3. The highest BCUT2D eigenvalue weighted by Gasteiger charge is 2.36. The Morgan fingerprint density at radius 3 is 2.40 bits per heavy atom. The fraction of sp³-hybridized carbons (Fsp3) is 0.515. The average Bonchev–Trinajstić information content (AvgIpc) is 2.95. The maximum absolute atomic E-state index is 13.9. The van der Waals surface area contributed by atoms with Crippen molar-refractivity contribution >= 4 is 45.2 Å². The number of nitrogens with two attached hydrogens (primary N) is 1. The van der Waals surface area contributed by atoms with Crippen LogP contribution in [0.4, 0.5) is 5.69 Å². The number of ketones is 1. The van der Waals surface area contributed by atoms with Crippen molar-refractivity contribution in [3.63, 3.8) is 0 Å². The minimum Gasteiger partial charge on any atom is -0.401 e. The number of amides is 1. The van der Waals surface area contributed by atoms with Gasteiger partial charge in [-0.3, -0.25) is 19.6 Å². The van der Waals surface area contributed by atoms with Gasteiger partial charge in [-0.25, -0.2) is 0 Å². The lowest BCUT2D eigenvalue weighted by Crippen LogP contribution is -2.49. The van der Waals surface area contributed by atoms with E-state index in [0.717, 1.165) is 64.1 Å². The highest BCUT2D eigenvalue weighted by atomic mass is 79.9. The minimum atomic E-state index is -0.117. The summed E-state index contributed by atoms with van der Waals surface area (Å²) >= 11 is 3.65. The van der Waals surface area contributed by atoms with Crippen molar-refractivity contribution in [1.82, 2.24) is 4.90 Å². The molecule has 0 bridgehead atoms. The second-order valence-electron chi connectivity index (χ2n) is 10.9. The third-order valence-corrected chi connectivity index (χ3v) is 8.52. The van der Waals surface area contributed by atoms with E-state index < -0.39 is 0 Å². The van der Waals surface area contributed by atoms with Gasteiger partial charge < -0.3 is 10.6 Å². The third-order valence-electron chi connectivity index (χ3n) is 7.78. The lowest BCUT2D eigenvalue weighted by atomic mass is 9.85. The standard InChI is InChI=1S/C26H35BrN4O.C7H12O/c1-7-17(6)24(28)23-21(30-15(3)4)11-12-31(22(23)8-2)26(32)18-9-10-20(27)19-13-16(5)14-29-25(18)19;1-4-6(3)7(8)5-2/h9-10,14,16-17,22H,3,7-8,11-13,28H2,1-2,4-6H3;5-6H,2,4H2,1,3H3/b24-23+,30-21?;. The number of carbonyl (C=O) groups excluding carboxylic acids is 2. The Balaban J connectivity index is 0.000000611. The normalized spacial score (nSPS) is 22.0. The van der Waals surface area contributed by atoms with Crippen molar-refractivity contribution in [2.24, 2.45) is 33.5 Å². The van der Waals surface area contributed by atoms with E-state index >= 15 is 0 Å². The molecule has 218 valence electrons. The number of likely N-dealkylation sites (tertiary alicyclic amines) is 1. The Hall–Kier alpha value is -2.80. The van der Waals surface area contributed by atoms with Crippen molar-refractivity contribution in [2.45, 2.75) is 86.6 Å². The van der Waals surface area contributed by atoms with Gasteiger partial charge in [-0.05, 0) is 68.2 Å². The highest BCUT2D eigenvalue weighted by Crippen LogP contribution is 2.38. The molecule has 1 aromatic carbocycles. The van der Waals surface area contributed by atoms with E-state index in [4.69, 9.17) is 10.7 Å². The van der Waals surface area contributed by atoms with E-state index in [1.807, 2.05) is 44.0 Å². The van der Waals surface area contributed by atoms with E-state index in [0.29, 0.717) is 24.4 Å². The number of hydrogen-bond acceptors (Lipinski definition) is 5. The Kier molecular flexibility index (Phi) is 12.8. The van der Waals surface area contributed by atoms with Gasteiger partial charge in [0.2, 0.25) is 0 Å². The first-order valence-corrected chi connectivity index (χ1v) is 15.3. The quantitative estimate of drug-likeness (QED) is 0.302. The van der Waals surface area contributed by atoms with E-state index in [-0.39, 0.29) is 29.6 Å². The summed E-state index contributed by atoms with van der Waals surface area (Å²) in [6.07, 6.45) is 7.49. The van der Waals surface area contributed by atoms with Gasteiger partial charge in [-0.15, -0.1) is 0 Å². The molecule has 1 saturated heterocycles. The number of benzene rings is 1. The molecule has 1 aromatic rings. The van der Waals surface area contributed by atoms with Gasteiger partial charge in [0, 0.05) is 52.2 Å². The zero-order chi connectivity index (χ0) is 30.1. The lowest BCUT2D eigenvalue weighted by Gasteiger charge is -2.40. The maximum Gasteiger partial charge on any atom is 0.256 e. The largest absolute Gasteiger partial charge is 0.401 e. The van der Waals surface area contributed by atoms with Crippen LogP contribution in [0.5, 0.6) is 0 Å². The van der Waals surface area contributed by atoms with E-state index in [1.54, 1.807) is 0 Å². The van der Waals surface area contributed by atoms with Crippen molar-refractivity contribution in [1.29, 1.82) is 0 Å². The van der Waals surface area contributed by atoms with Crippen molar-refractivity contribution < 1.29 is 9.59 Å². The Morgan fingerprint density at radius 1 is 1.23 bits per heavy atom. The molecule has 0 saturated carbocycles. The molecule has 2 N–H and O–H groups in total. The van der Waals surface area contributed by atoms with Gasteiger partial charge in [0.15, 0.2) is 5.78 Å². The second-order valence-corrected chi connectivity index (χ2v) is 11.8. The summed E-state index contributed by atoms with van der Waals surface area (Å²) in [5.41, 5.74) is 12.8. The summed E-state index contributed by atoms with van der Waals surface area (Å²) in [4.78, 5) is 35.9. The Labute approximate surface area is 249 Å². The first-order chi connectivity index (χ1) is 18.9. The van der Waals surface area contributed by atoms with Crippen LogP contribution in [0.25, 0.3) is 0 Å². The average molecular weight is 612 g/mol. The zero-order valence-electron chi connectivity index (χ0n) is 25.4. The van der Waals surface area contributed by atoms with Crippen LogP contribution in [0.15, 0.2) is 62.8 Å². The molecule has 4 unspecified atom stereocenters. The molecule has 0 aliphatic carbocycles. The number of halogens is 1. The van der Waals surface area contributed by atoms with Crippen LogP contribution in [0.3, 0.4) is 0 Å². The molecule has 40 heavy (non-hydrogen) atoms. The van der Waals surface area contributed by atoms with Crippen LogP contribution < -0.4 is 5.73 Å². The van der Waals surface area contributed by atoms with Crippen molar-refractivity contribution in [2.75, 3.05) is 6.54 Å². The smallest absolute Gasteiger partial charge is 0.256 e. The summed E-state index contributed by atoms with van der Waals surface area (Å²) in [5.74, 6) is 0.889. The molecule has 1 amide bonds. The summed E-state index contributed by atoms with van der Waals surface area (Å²) < 4.78 is 1.01. The molecule has 2 aliphatic rings. The van der Waals surface area contributed by atoms with Crippen LogP contribution in [-0.2, 0) is 11.2 Å². The molecule has 2 aliphatic heterocycles. The SMILES string of the molecule is C=C(C)N=C1CCN(C(=O)c2ccc(Br)c3c2N=CC(C)C3)C(CC)/C1=C(/N)C(C)CC.C=CC(=O)C(C)CC. The first-order valence-electron chi connectivity index (χ1n) is 14.5. The molecule has 2 heterocycles. The number of hydrogen-bond donors (Lipinski definition) is 1. The third kappa shape index (κ3) is 7.90. The second kappa shape index (κ2) is 15.3. The first kappa shape index (κ1) is 33.4. The zero-order valence-corrected chi connectivity index (χ0v) is 27.0. The fourth-order valence-electron chi connectivity index (χ4n) is 4.98. The van der Waals surface area contributed by atoms with Gasteiger partial charge in [0.1, 0.15) is 0 Å². The predicted molar refractivity (Wildman–Crippen MR) is 172 cm³/mol. The fourth-order valence-corrected chi connectivity index (χ4v) is 5.46. The van der Waals surface area contributed by atoms with Crippen molar-refractivity contribution in [3.05, 3.63) is 63.9 Å². The van der Waals surface area contributed by atoms with Crippen LogP contribution in [-0.4, -0.2) is 41.1 Å². The van der Waals surface area contributed by atoms with Gasteiger partial charge >= 0.3 is 0 Å². The van der Waals surface area contributed by atoms with Gasteiger partial charge in [-0.2, -0.15) is 0 Å². The lowest BCUT2D eigenvalue weighted by molar-refractivity contribution is -0.117. The summed E-state index contributed by atoms with van der Waals surface area (Å²) in [6.45, 7) is 22.3. The number of carbonyl (C=O) groups is 2. The molecule has 0 aromatic heterocycles. The van der Waals surface area contributed by atoms with Crippen LogP contribution >= 0.6 is 15.9 Å². The van der Waals surface area contributed by atoms with Crippen LogP contribution in [0.2, 0.25) is 0 Å². The summed E-state index contributed by atoms with van der Waals surface area (Å²) in [6, 6.07) is 3.75. The highest BCUT2D eigenvalue weighted by molar-refractivity contribution is 9.10. The monoisotopic (exact) mass is 610 g/mol. The van der Waals surface area contributed by atoms with Gasteiger partial charge in [0.25, 0.3) is 5.91 Å². The van der Waals surface area contributed by atoms with Gasteiger partial charge in [0.05, 0.1) is 17.3 Å². The molecular formula is C33H47BrN4O2. The Bertz CT molecular complexity index is 1210. The molecule has 0 spiro atoms. The van der Waals surface area contributed by atoms with Crippen LogP contribution in [0, 0.1) is 17.8 Å².